The molecule has 0 unspecified atom stereocenters. The molecule has 0 bridgehead atoms. The van der Waals surface area contributed by atoms with Crippen LogP contribution in [0.15, 0.2) is 16.9 Å². The van der Waals surface area contributed by atoms with E-state index in [1.165, 1.54) is 12.1 Å². The predicted molar refractivity (Wildman–Crippen MR) is 53.8 cm³/mol. The van der Waals surface area contributed by atoms with Crippen LogP contribution < -0.4 is 5.56 Å². The highest BCUT2D eigenvalue weighted by Crippen LogP contribution is 2.20. The van der Waals surface area contributed by atoms with E-state index in [1.807, 2.05) is 0 Å². The number of pyridine rings is 2. The maximum Gasteiger partial charge on any atom is 0.292 e. The molecule has 0 amide bonds. The fourth-order valence-corrected chi connectivity index (χ4v) is 1.39. The van der Waals surface area contributed by atoms with Gasteiger partial charge in [0.15, 0.2) is 0 Å². The summed E-state index contributed by atoms with van der Waals surface area (Å²) in [4.78, 5) is 17.4. The Kier molecular flexibility index (Phi) is 2.06. The van der Waals surface area contributed by atoms with Crippen molar-refractivity contribution in [1.82, 2.24) is 9.97 Å². The van der Waals surface area contributed by atoms with Crippen molar-refractivity contribution in [1.29, 1.82) is 5.26 Å². The Morgan fingerprint density at radius 2 is 2.27 bits per heavy atom. The van der Waals surface area contributed by atoms with Crippen LogP contribution in [0, 0.1) is 11.3 Å². The fourth-order valence-electron chi connectivity index (χ4n) is 1.24. The number of aromatic hydroxyl groups is 1. The van der Waals surface area contributed by atoms with Crippen LogP contribution in [0.3, 0.4) is 0 Å². The van der Waals surface area contributed by atoms with Crippen molar-refractivity contribution in [3.63, 3.8) is 0 Å². The highest BCUT2D eigenvalue weighted by Gasteiger charge is 2.12. The van der Waals surface area contributed by atoms with Gasteiger partial charge in [-0.3, -0.25) is 4.79 Å². The molecular formula is C9H4ClN3O2. The van der Waals surface area contributed by atoms with Crippen molar-refractivity contribution in [2.75, 3.05) is 0 Å². The Morgan fingerprint density at radius 1 is 1.53 bits per heavy atom. The van der Waals surface area contributed by atoms with Crippen molar-refractivity contribution < 1.29 is 5.11 Å². The van der Waals surface area contributed by atoms with E-state index in [1.54, 1.807) is 6.07 Å². The monoisotopic (exact) mass is 221 g/mol. The first-order valence-electron chi connectivity index (χ1n) is 3.95. The molecule has 0 aliphatic rings. The van der Waals surface area contributed by atoms with Gasteiger partial charge in [0.2, 0.25) is 5.75 Å². The Morgan fingerprint density at radius 3 is 2.93 bits per heavy atom. The smallest absolute Gasteiger partial charge is 0.292 e. The molecule has 0 radical (unpaired) electrons. The third kappa shape index (κ3) is 1.41. The SMILES string of the molecule is N#Cc1c(O)c(=O)[nH]c2ccc(Cl)nc12. The molecule has 74 valence electrons. The van der Waals surface area contributed by atoms with Crippen LogP contribution in [0.5, 0.6) is 5.75 Å². The number of hydrogen-bond acceptors (Lipinski definition) is 4. The van der Waals surface area contributed by atoms with Crippen molar-refractivity contribution >= 4 is 22.6 Å². The summed E-state index contributed by atoms with van der Waals surface area (Å²) >= 11 is 5.65. The Bertz CT molecular complexity index is 642. The minimum Gasteiger partial charge on any atom is -0.502 e. The molecule has 0 atom stereocenters. The normalized spacial score (nSPS) is 10.1. The summed E-state index contributed by atoms with van der Waals surface area (Å²) in [5, 5.41) is 18.3. The van der Waals surface area contributed by atoms with Gasteiger partial charge in [0.05, 0.1) is 5.52 Å². The lowest BCUT2D eigenvalue weighted by atomic mass is 10.2. The van der Waals surface area contributed by atoms with Crippen LogP contribution in [-0.4, -0.2) is 15.1 Å². The van der Waals surface area contributed by atoms with E-state index in [4.69, 9.17) is 16.9 Å². The first kappa shape index (κ1) is 9.49. The standard InChI is InChI=1S/C9H4ClN3O2/c10-6-2-1-5-7(13-6)4(3-11)8(14)9(15)12-5/h1-2,14H,(H,12,15). The van der Waals surface area contributed by atoms with Crippen LogP contribution in [0.25, 0.3) is 11.0 Å². The maximum absolute atomic E-state index is 11.2. The quantitative estimate of drug-likeness (QED) is 0.653. The third-order valence-corrected chi connectivity index (χ3v) is 2.12. The van der Waals surface area contributed by atoms with Crippen molar-refractivity contribution in [3.05, 3.63) is 33.2 Å². The van der Waals surface area contributed by atoms with Gasteiger partial charge in [-0.15, -0.1) is 0 Å². The molecule has 2 N–H and O–H groups in total. The molecule has 15 heavy (non-hydrogen) atoms. The van der Waals surface area contributed by atoms with Crippen molar-refractivity contribution in [3.8, 4) is 11.8 Å². The van der Waals surface area contributed by atoms with Gasteiger partial charge in [-0.25, -0.2) is 4.98 Å². The first-order valence-corrected chi connectivity index (χ1v) is 4.33. The summed E-state index contributed by atoms with van der Waals surface area (Å²) in [6.45, 7) is 0. The van der Waals surface area contributed by atoms with Gasteiger partial charge in [0, 0.05) is 0 Å². The van der Waals surface area contributed by atoms with Crippen LogP contribution in [-0.2, 0) is 0 Å². The summed E-state index contributed by atoms with van der Waals surface area (Å²) in [7, 11) is 0. The second-order valence-electron chi connectivity index (χ2n) is 2.82. The Hall–Kier alpha value is -2.06. The van der Waals surface area contributed by atoms with Crippen molar-refractivity contribution in [2.45, 2.75) is 0 Å². The number of halogens is 1. The lowest BCUT2D eigenvalue weighted by Crippen LogP contribution is -2.07. The van der Waals surface area contributed by atoms with E-state index in [2.05, 4.69) is 9.97 Å². The number of fused-ring (bicyclic) bond motifs is 1. The summed E-state index contributed by atoms with van der Waals surface area (Å²) < 4.78 is 0. The summed E-state index contributed by atoms with van der Waals surface area (Å²) in [5.74, 6) is -0.639. The van der Waals surface area contributed by atoms with E-state index in [-0.39, 0.29) is 16.2 Å². The number of nitrogens with zero attached hydrogens (tertiary/aromatic N) is 2. The van der Waals surface area contributed by atoms with Crippen LogP contribution in [0.4, 0.5) is 0 Å². The number of nitriles is 1. The van der Waals surface area contributed by atoms with E-state index in [9.17, 15) is 9.90 Å². The van der Waals surface area contributed by atoms with E-state index in [0.29, 0.717) is 5.52 Å². The zero-order chi connectivity index (χ0) is 11.0. The van der Waals surface area contributed by atoms with E-state index >= 15 is 0 Å². The van der Waals surface area contributed by atoms with Crippen LogP contribution >= 0.6 is 11.6 Å². The number of nitrogens with one attached hydrogen (secondary N) is 1. The molecule has 5 nitrogen and oxygen atoms in total. The molecule has 0 spiro atoms. The number of rotatable bonds is 0. The summed E-state index contributed by atoms with van der Waals surface area (Å²) in [6, 6.07) is 4.72. The average Bonchev–Trinajstić information content (AvgIpc) is 2.21. The van der Waals surface area contributed by atoms with Gasteiger partial charge in [0.1, 0.15) is 22.3 Å². The highest BCUT2D eigenvalue weighted by atomic mass is 35.5. The van der Waals surface area contributed by atoms with Gasteiger partial charge in [0.25, 0.3) is 5.56 Å². The minimum absolute atomic E-state index is 0.170. The maximum atomic E-state index is 11.2. The summed E-state index contributed by atoms with van der Waals surface area (Å²) in [5.41, 5.74) is -0.347. The molecular weight excluding hydrogens is 218 g/mol. The largest absolute Gasteiger partial charge is 0.502 e. The lowest BCUT2D eigenvalue weighted by Gasteiger charge is -2.01. The van der Waals surface area contributed by atoms with Crippen molar-refractivity contribution in [2.24, 2.45) is 0 Å². The van der Waals surface area contributed by atoms with Gasteiger partial charge in [-0.1, -0.05) is 11.6 Å². The first-order chi connectivity index (χ1) is 7.13. The van der Waals surface area contributed by atoms with Gasteiger partial charge >= 0.3 is 0 Å². The molecule has 2 rings (SSSR count). The molecule has 0 aliphatic heterocycles. The second kappa shape index (κ2) is 3.26. The minimum atomic E-state index is -0.719. The zero-order valence-corrected chi connectivity index (χ0v) is 8.04. The molecule has 2 aromatic rings. The second-order valence-corrected chi connectivity index (χ2v) is 3.21. The molecule has 0 saturated heterocycles. The molecule has 0 aliphatic carbocycles. The number of aromatic nitrogens is 2. The number of hydrogen-bond donors (Lipinski definition) is 2. The molecule has 0 saturated carbocycles. The van der Waals surface area contributed by atoms with Crippen LogP contribution in [0.1, 0.15) is 5.56 Å². The molecule has 0 aromatic carbocycles. The average molecular weight is 222 g/mol. The highest BCUT2D eigenvalue weighted by molar-refractivity contribution is 6.29. The van der Waals surface area contributed by atoms with E-state index in [0.717, 1.165) is 0 Å². The Labute approximate surface area is 88.6 Å². The topological polar surface area (TPSA) is 89.8 Å². The molecule has 2 heterocycles. The lowest BCUT2D eigenvalue weighted by molar-refractivity contribution is 0.466. The number of aromatic amines is 1. The fraction of sp³-hybridized carbons (Fsp3) is 0. The van der Waals surface area contributed by atoms with Gasteiger partial charge in [-0.05, 0) is 12.1 Å². The third-order valence-electron chi connectivity index (χ3n) is 1.91. The molecule has 2 aromatic heterocycles. The van der Waals surface area contributed by atoms with Gasteiger partial charge in [-0.2, -0.15) is 5.26 Å². The Balaban J connectivity index is 3.04. The molecule has 6 heteroatoms. The molecule has 0 fully saturated rings. The van der Waals surface area contributed by atoms with Gasteiger partial charge < -0.3 is 10.1 Å². The number of H-pyrrole nitrogens is 1. The predicted octanol–water partition coefficient (Wildman–Crippen LogP) is 1.15. The van der Waals surface area contributed by atoms with E-state index < -0.39 is 11.3 Å². The summed E-state index contributed by atoms with van der Waals surface area (Å²) in [6.07, 6.45) is 0. The zero-order valence-electron chi connectivity index (χ0n) is 7.28. The van der Waals surface area contributed by atoms with Crippen LogP contribution in [0.2, 0.25) is 5.15 Å².